The highest BCUT2D eigenvalue weighted by atomic mass is 16.6. The Labute approximate surface area is 70.2 Å². The third kappa shape index (κ3) is 2.79. The van der Waals surface area contributed by atoms with Crippen molar-refractivity contribution >= 4 is 18.0 Å². The Balaban J connectivity index is 4.23. The number of esters is 1. The first-order valence-corrected chi connectivity index (χ1v) is 3.41. The van der Waals surface area contributed by atoms with Gasteiger partial charge in [-0.15, -0.1) is 0 Å². The third-order valence-corrected chi connectivity index (χ3v) is 1.14. The fourth-order valence-electron chi connectivity index (χ4n) is 0.622. The SMILES string of the molecule is CCOC(=O)C(OC)C(=O)C=N. The van der Waals surface area contributed by atoms with E-state index in [9.17, 15) is 9.59 Å². The highest BCUT2D eigenvalue weighted by Crippen LogP contribution is 1.94. The lowest BCUT2D eigenvalue weighted by atomic mass is 10.2. The summed E-state index contributed by atoms with van der Waals surface area (Å²) in [7, 11) is 1.21. The molecule has 0 fully saturated rings. The van der Waals surface area contributed by atoms with Crippen LogP contribution >= 0.6 is 0 Å². The molecule has 68 valence electrons. The van der Waals surface area contributed by atoms with Crippen LogP contribution in [0.2, 0.25) is 0 Å². The molecule has 0 aromatic carbocycles. The molecule has 5 nitrogen and oxygen atoms in total. The van der Waals surface area contributed by atoms with Gasteiger partial charge < -0.3 is 14.9 Å². The van der Waals surface area contributed by atoms with Gasteiger partial charge in [-0.3, -0.25) is 4.79 Å². The summed E-state index contributed by atoms with van der Waals surface area (Å²) >= 11 is 0. The predicted octanol–water partition coefficient (Wildman–Crippen LogP) is -0.217. The van der Waals surface area contributed by atoms with Crippen LogP contribution in [0.1, 0.15) is 6.92 Å². The minimum atomic E-state index is -1.29. The van der Waals surface area contributed by atoms with Gasteiger partial charge in [0.1, 0.15) is 0 Å². The molecule has 0 aliphatic carbocycles. The minimum absolute atomic E-state index is 0.184. The molecular weight excluding hydrogens is 162 g/mol. The van der Waals surface area contributed by atoms with E-state index in [2.05, 4.69) is 9.47 Å². The second-order valence-corrected chi connectivity index (χ2v) is 1.91. The van der Waals surface area contributed by atoms with E-state index < -0.39 is 17.9 Å². The van der Waals surface area contributed by atoms with Gasteiger partial charge in [-0.05, 0) is 6.92 Å². The first-order valence-electron chi connectivity index (χ1n) is 3.41. The van der Waals surface area contributed by atoms with Crippen molar-refractivity contribution in [1.82, 2.24) is 0 Å². The molecule has 0 saturated carbocycles. The number of ether oxygens (including phenoxy) is 2. The zero-order valence-electron chi connectivity index (χ0n) is 6.99. The molecule has 0 aromatic heterocycles. The Morgan fingerprint density at radius 2 is 2.17 bits per heavy atom. The molecular formula is C7H11NO4. The summed E-state index contributed by atoms with van der Waals surface area (Å²) in [4.78, 5) is 21.7. The average Bonchev–Trinajstić information content (AvgIpc) is 2.06. The Kier molecular flexibility index (Phi) is 4.87. The van der Waals surface area contributed by atoms with E-state index in [-0.39, 0.29) is 6.61 Å². The molecule has 5 heteroatoms. The summed E-state index contributed by atoms with van der Waals surface area (Å²) in [5.74, 6) is -1.47. The van der Waals surface area contributed by atoms with Crippen LogP contribution in [-0.2, 0) is 19.1 Å². The summed E-state index contributed by atoms with van der Waals surface area (Å²) in [6.45, 7) is 1.81. The fraction of sp³-hybridized carbons (Fsp3) is 0.571. The maximum absolute atomic E-state index is 10.9. The van der Waals surface area contributed by atoms with E-state index in [4.69, 9.17) is 5.41 Å². The van der Waals surface area contributed by atoms with Gasteiger partial charge in [0.05, 0.1) is 12.8 Å². The number of methoxy groups -OCH3 is 1. The van der Waals surface area contributed by atoms with Gasteiger partial charge in [-0.2, -0.15) is 0 Å². The van der Waals surface area contributed by atoms with Gasteiger partial charge >= 0.3 is 5.97 Å². The second-order valence-electron chi connectivity index (χ2n) is 1.91. The Morgan fingerprint density at radius 1 is 1.58 bits per heavy atom. The second kappa shape index (κ2) is 5.42. The van der Waals surface area contributed by atoms with Gasteiger partial charge in [0.15, 0.2) is 0 Å². The molecule has 0 aliphatic heterocycles. The molecule has 0 heterocycles. The van der Waals surface area contributed by atoms with E-state index in [1.165, 1.54) is 7.11 Å². The molecule has 0 amide bonds. The number of hydrogen-bond donors (Lipinski definition) is 1. The van der Waals surface area contributed by atoms with Crippen LogP contribution in [0.4, 0.5) is 0 Å². The number of rotatable bonds is 5. The molecule has 12 heavy (non-hydrogen) atoms. The van der Waals surface area contributed by atoms with Crippen LogP contribution < -0.4 is 0 Å². The largest absolute Gasteiger partial charge is 0.464 e. The smallest absolute Gasteiger partial charge is 0.343 e. The summed E-state index contributed by atoms with van der Waals surface area (Å²) in [5, 5.41) is 6.61. The quantitative estimate of drug-likeness (QED) is 0.354. The van der Waals surface area contributed by atoms with Gasteiger partial charge in [0, 0.05) is 7.11 Å². The van der Waals surface area contributed by atoms with Gasteiger partial charge in [-0.25, -0.2) is 4.79 Å². The molecule has 0 saturated heterocycles. The van der Waals surface area contributed by atoms with Gasteiger partial charge in [-0.1, -0.05) is 0 Å². The first kappa shape index (κ1) is 10.8. The lowest BCUT2D eigenvalue weighted by Gasteiger charge is -2.09. The molecule has 0 rings (SSSR count). The summed E-state index contributed by atoms with van der Waals surface area (Å²) < 4.78 is 9.07. The highest BCUT2D eigenvalue weighted by Gasteiger charge is 2.25. The lowest BCUT2D eigenvalue weighted by molar-refractivity contribution is -0.157. The van der Waals surface area contributed by atoms with Crippen LogP contribution in [0, 0.1) is 5.41 Å². The van der Waals surface area contributed by atoms with Crippen molar-refractivity contribution in [2.24, 2.45) is 0 Å². The highest BCUT2D eigenvalue weighted by molar-refractivity contribution is 6.33. The number of nitrogens with one attached hydrogen (secondary N) is 1. The fourth-order valence-corrected chi connectivity index (χ4v) is 0.622. The number of Topliss-reactive ketones (excluding diaryl/α,β-unsaturated/α-hetero) is 1. The van der Waals surface area contributed by atoms with E-state index in [0.29, 0.717) is 6.21 Å². The zero-order valence-corrected chi connectivity index (χ0v) is 6.99. The molecule has 0 aliphatic rings. The Hall–Kier alpha value is -1.23. The van der Waals surface area contributed by atoms with Crippen LogP contribution in [-0.4, -0.2) is 37.8 Å². The minimum Gasteiger partial charge on any atom is -0.464 e. The number of carbonyl (C=O) groups is 2. The van der Waals surface area contributed by atoms with E-state index in [1.54, 1.807) is 6.92 Å². The topological polar surface area (TPSA) is 76.5 Å². The first-order chi connectivity index (χ1) is 5.67. The van der Waals surface area contributed by atoms with Crippen molar-refractivity contribution in [3.8, 4) is 0 Å². The van der Waals surface area contributed by atoms with E-state index in [1.807, 2.05) is 0 Å². The van der Waals surface area contributed by atoms with Crippen molar-refractivity contribution < 1.29 is 19.1 Å². The molecule has 1 atom stereocenters. The molecule has 0 aromatic rings. The molecule has 1 N–H and O–H groups in total. The number of ketones is 1. The van der Waals surface area contributed by atoms with Crippen LogP contribution in [0.3, 0.4) is 0 Å². The normalized spacial score (nSPS) is 11.8. The van der Waals surface area contributed by atoms with Crippen molar-refractivity contribution in [1.29, 1.82) is 5.41 Å². The zero-order chi connectivity index (χ0) is 9.56. The predicted molar refractivity (Wildman–Crippen MR) is 41.2 cm³/mol. The number of carbonyl (C=O) groups excluding carboxylic acids is 2. The standard InChI is InChI=1S/C7H11NO4/c1-3-12-7(10)6(11-2)5(9)4-8/h4,6,8H,3H2,1-2H3. The molecule has 0 bridgehead atoms. The van der Waals surface area contributed by atoms with Crippen LogP contribution in [0.15, 0.2) is 0 Å². The van der Waals surface area contributed by atoms with Crippen molar-refractivity contribution in [2.75, 3.05) is 13.7 Å². The molecule has 0 radical (unpaired) electrons. The third-order valence-electron chi connectivity index (χ3n) is 1.14. The maximum atomic E-state index is 10.9. The van der Waals surface area contributed by atoms with Crippen molar-refractivity contribution in [3.05, 3.63) is 0 Å². The summed E-state index contributed by atoms with van der Waals surface area (Å²) in [6.07, 6.45) is -0.757. The number of hydrogen-bond acceptors (Lipinski definition) is 5. The van der Waals surface area contributed by atoms with Crippen molar-refractivity contribution in [2.45, 2.75) is 13.0 Å². The summed E-state index contributed by atoms with van der Waals surface area (Å²) in [5.41, 5.74) is 0. The molecule has 0 spiro atoms. The summed E-state index contributed by atoms with van der Waals surface area (Å²) in [6, 6.07) is 0. The Bertz CT molecular complexity index is 190. The molecule has 1 unspecified atom stereocenters. The van der Waals surface area contributed by atoms with E-state index in [0.717, 1.165) is 0 Å². The van der Waals surface area contributed by atoms with E-state index >= 15 is 0 Å². The van der Waals surface area contributed by atoms with Crippen LogP contribution in [0.5, 0.6) is 0 Å². The van der Waals surface area contributed by atoms with Gasteiger partial charge in [0.25, 0.3) is 0 Å². The van der Waals surface area contributed by atoms with Gasteiger partial charge in [0.2, 0.25) is 11.9 Å². The van der Waals surface area contributed by atoms with Crippen molar-refractivity contribution in [3.63, 3.8) is 0 Å². The average molecular weight is 173 g/mol. The lowest BCUT2D eigenvalue weighted by Crippen LogP contribution is -2.34. The monoisotopic (exact) mass is 173 g/mol. The maximum Gasteiger partial charge on any atom is 0.343 e. The van der Waals surface area contributed by atoms with Crippen LogP contribution in [0.25, 0.3) is 0 Å². The Morgan fingerprint density at radius 3 is 2.50 bits per heavy atom.